The number of ether oxygens (including phenoxy) is 1. The van der Waals surface area contributed by atoms with Crippen LogP contribution in [0, 0.1) is 23.7 Å². The first-order valence-corrected chi connectivity index (χ1v) is 15.1. The molecule has 0 amide bonds. The Morgan fingerprint density at radius 2 is 2.08 bits per heavy atom. The van der Waals surface area contributed by atoms with Crippen LogP contribution >= 0.6 is 11.6 Å². The molecule has 3 fully saturated rings. The van der Waals surface area contributed by atoms with Crippen molar-refractivity contribution in [2.24, 2.45) is 38.8 Å². The summed E-state index contributed by atoms with van der Waals surface area (Å²) in [5, 5.41) is 21.7. The van der Waals surface area contributed by atoms with Crippen molar-refractivity contribution in [3.8, 4) is 0 Å². The van der Waals surface area contributed by atoms with Crippen molar-refractivity contribution in [1.82, 2.24) is 21.0 Å². The lowest BCUT2D eigenvalue weighted by Crippen LogP contribution is -2.61. The lowest BCUT2D eigenvalue weighted by Gasteiger charge is -2.46. The quantitative estimate of drug-likeness (QED) is 0.335. The SMILES string of the molecule is C=C(Cl)C[C@H](/C=N\C)[C@H]1N=C(C2=NNC(O)O2)NC2NC(C3(F)CCCCC3C)N(C[C@H]3CC[C@H](C)CC3)C21. The first kappa shape index (κ1) is 28.8. The van der Waals surface area contributed by atoms with Crippen molar-refractivity contribution >= 4 is 29.5 Å². The van der Waals surface area contributed by atoms with E-state index in [1.54, 1.807) is 7.05 Å². The Morgan fingerprint density at radius 3 is 2.72 bits per heavy atom. The van der Waals surface area contributed by atoms with E-state index in [1.165, 1.54) is 12.8 Å². The second kappa shape index (κ2) is 12.0. The van der Waals surface area contributed by atoms with Gasteiger partial charge in [0.15, 0.2) is 5.84 Å². The number of aliphatic imine (C=N–C) groups is 2. The molecule has 0 aromatic rings. The standard InChI is InChI=1S/C28H45ClFN7O2/c1-16-8-10-19(11-9-16)15-37-22-21(20(14-31-4)13-18(3)29)32-24(25-35-36-27(38)39-25)33-23(22)34-26(37)28(30)12-6-5-7-17(28)2/h14,16-17,19-23,26-27,34,36,38H,3,5-13,15H2,1-2,4H3,(H,32,33)/b31-14-/t16-,17?,19-,20-,21-,22?,23?,26?,27?,28?/m1/s1. The van der Waals surface area contributed by atoms with Crippen molar-refractivity contribution in [2.45, 2.75) is 108 Å². The Kier molecular flexibility index (Phi) is 8.86. The summed E-state index contributed by atoms with van der Waals surface area (Å²) in [7, 11) is 1.74. The van der Waals surface area contributed by atoms with Gasteiger partial charge in [-0.25, -0.2) is 9.82 Å². The first-order chi connectivity index (χ1) is 18.7. The average molecular weight is 566 g/mol. The summed E-state index contributed by atoms with van der Waals surface area (Å²) in [4.78, 5) is 11.8. The van der Waals surface area contributed by atoms with E-state index >= 15 is 4.39 Å². The molecule has 3 heterocycles. The maximum absolute atomic E-state index is 17.2. The van der Waals surface area contributed by atoms with E-state index in [-0.39, 0.29) is 36.0 Å². The van der Waals surface area contributed by atoms with E-state index in [1.807, 2.05) is 6.21 Å². The zero-order valence-electron chi connectivity index (χ0n) is 23.5. The maximum atomic E-state index is 17.2. The summed E-state index contributed by atoms with van der Waals surface area (Å²) < 4.78 is 22.7. The number of fused-ring (bicyclic) bond motifs is 1. The van der Waals surface area contributed by atoms with Crippen molar-refractivity contribution in [1.29, 1.82) is 0 Å². The molecule has 3 aliphatic heterocycles. The number of alkyl halides is 1. The van der Waals surface area contributed by atoms with Gasteiger partial charge in [-0.3, -0.25) is 15.2 Å². The third-order valence-corrected chi connectivity index (χ3v) is 9.73. The lowest BCUT2D eigenvalue weighted by molar-refractivity contribution is -0.0509. The Balaban J connectivity index is 1.54. The molecule has 0 bridgehead atoms. The normalized spacial score (nSPS) is 41.7. The van der Waals surface area contributed by atoms with E-state index in [0.717, 1.165) is 44.6 Å². The number of amidine groups is 1. The summed E-state index contributed by atoms with van der Waals surface area (Å²) in [5.74, 6) is 1.67. The van der Waals surface area contributed by atoms with Crippen LogP contribution in [0.15, 0.2) is 26.7 Å². The topological polar surface area (TPSA) is 106 Å². The number of aliphatic hydroxyl groups is 1. The molecule has 39 heavy (non-hydrogen) atoms. The molecule has 1 saturated heterocycles. The number of nitrogens with one attached hydrogen (secondary N) is 3. The molecule has 5 rings (SSSR count). The van der Waals surface area contributed by atoms with Gasteiger partial charge in [-0.05, 0) is 49.9 Å². The van der Waals surface area contributed by atoms with Gasteiger partial charge in [0.25, 0.3) is 12.3 Å². The van der Waals surface area contributed by atoms with Crippen molar-refractivity contribution in [2.75, 3.05) is 13.6 Å². The summed E-state index contributed by atoms with van der Waals surface area (Å²) in [6, 6.07) is -0.448. The van der Waals surface area contributed by atoms with Gasteiger partial charge < -0.3 is 20.2 Å². The predicted octanol–water partition coefficient (Wildman–Crippen LogP) is 3.70. The smallest absolute Gasteiger partial charge is 0.295 e. The van der Waals surface area contributed by atoms with Crippen LogP contribution in [0.4, 0.5) is 4.39 Å². The number of nitrogens with zero attached hydrogens (tertiary/aromatic N) is 4. The van der Waals surface area contributed by atoms with Crippen LogP contribution in [-0.4, -0.2) is 78.0 Å². The molecular formula is C28H45ClFN7O2. The Bertz CT molecular complexity index is 987. The van der Waals surface area contributed by atoms with Gasteiger partial charge in [-0.15, -0.1) is 5.10 Å². The molecule has 4 N–H and O–H groups in total. The van der Waals surface area contributed by atoms with Crippen LogP contribution in [0.25, 0.3) is 0 Å². The van der Waals surface area contributed by atoms with Gasteiger partial charge in [-0.1, -0.05) is 57.7 Å². The zero-order chi connectivity index (χ0) is 27.7. The van der Waals surface area contributed by atoms with E-state index in [0.29, 0.717) is 29.6 Å². The van der Waals surface area contributed by atoms with Crippen LogP contribution in [0.1, 0.15) is 71.6 Å². The number of allylic oxidation sites excluding steroid dienone is 1. The number of rotatable bonds is 8. The van der Waals surface area contributed by atoms with Crippen LogP contribution in [0.3, 0.4) is 0 Å². The fraction of sp³-hybridized carbons (Fsp3) is 0.821. The van der Waals surface area contributed by atoms with Gasteiger partial charge >= 0.3 is 0 Å². The third kappa shape index (κ3) is 5.99. The highest BCUT2D eigenvalue weighted by Crippen LogP contribution is 2.45. The molecule has 0 aromatic carbocycles. The summed E-state index contributed by atoms with van der Waals surface area (Å²) in [6.07, 6.45) is 8.57. The third-order valence-electron chi connectivity index (χ3n) is 9.58. The van der Waals surface area contributed by atoms with E-state index < -0.39 is 18.2 Å². The highest BCUT2D eigenvalue weighted by Gasteiger charge is 2.58. The second-order valence-corrected chi connectivity index (χ2v) is 12.9. The van der Waals surface area contributed by atoms with E-state index in [2.05, 4.69) is 51.5 Å². The average Bonchev–Trinajstić information content (AvgIpc) is 3.50. The van der Waals surface area contributed by atoms with Crippen LogP contribution in [-0.2, 0) is 4.74 Å². The number of hydrogen-bond acceptors (Lipinski definition) is 9. The maximum Gasteiger partial charge on any atom is 0.295 e. The van der Waals surface area contributed by atoms with E-state index in [9.17, 15) is 5.11 Å². The van der Waals surface area contributed by atoms with E-state index in [4.69, 9.17) is 21.3 Å². The highest BCUT2D eigenvalue weighted by molar-refractivity contribution is 6.38. The fourth-order valence-corrected chi connectivity index (χ4v) is 7.58. The molecule has 0 radical (unpaired) electrons. The Morgan fingerprint density at radius 1 is 1.31 bits per heavy atom. The van der Waals surface area contributed by atoms with Crippen molar-refractivity contribution in [3.05, 3.63) is 11.6 Å². The molecule has 0 spiro atoms. The van der Waals surface area contributed by atoms with Gasteiger partial charge in [0.2, 0.25) is 0 Å². The molecule has 218 valence electrons. The molecule has 2 saturated carbocycles. The first-order valence-electron chi connectivity index (χ1n) is 14.7. The van der Waals surface area contributed by atoms with Crippen molar-refractivity contribution < 1.29 is 14.2 Å². The number of hydrazone groups is 1. The van der Waals surface area contributed by atoms with Gasteiger partial charge in [0.05, 0.1) is 24.4 Å². The Hall–Kier alpha value is -1.75. The molecule has 9 nitrogen and oxygen atoms in total. The molecule has 0 aromatic heterocycles. The monoisotopic (exact) mass is 565 g/mol. The number of hydrogen-bond donors (Lipinski definition) is 4. The minimum absolute atomic E-state index is 0.0471. The molecule has 2 aliphatic carbocycles. The van der Waals surface area contributed by atoms with Crippen LogP contribution in [0.2, 0.25) is 0 Å². The molecular weight excluding hydrogens is 521 g/mol. The minimum Gasteiger partial charge on any atom is -0.424 e. The lowest BCUT2D eigenvalue weighted by atomic mass is 9.75. The van der Waals surface area contributed by atoms with Gasteiger partial charge in [0, 0.05) is 30.8 Å². The molecule has 5 aliphatic rings. The summed E-state index contributed by atoms with van der Waals surface area (Å²) in [5.41, 5.74) is 1.16. The second-order valence-electron chi connectivity index (χ2n) is 12.4. The largest absolute Gasteiger partial charge is 0.424 e. The molecule has 8 atom stereocenters. The summed E-state index contributed by atoms with van der Waals surface area (Å²) >= 11 is 6.35. The van der Waals surface area contributed by atoms with Crippen molar-refractivity contribution in [3.63, 3.8) is 0 Å². The minimum atomic E-state index is -1.35. The van der Waals surface area contributed by atoms with Crippen LogP contribution < -0.4 is 16.1 Å². The number of aliphatic hydroxyl groups excluding tert-OH is 1. The van der Waals surface area contributed by atoms with Gasteiger partial charge in [0.1, 0.15) is 5.67 Å². The van der Waals surface area contributed by atoms with Crippen LogP contribution in [0.5, 0.6) is 0 Å². The highest BCUT2D eigenvalue weighted by atomic mass is 35.5. The molecule has 11 heteroatoms. The Labute approximate surface area is 236 Å². The number of halogens is 2. The van der Waals surface area contributed by atoms with Gasteiger partial charge in [-0.2, -0.15) is 0 Å². The summed E-state index contributed by atoms with van der Waals surface area (Å²) in [6.45, 7) is 9.17. The fourth-order valence-electron chi connectivity index (χ4n) is 7.40. The predicted molar refractivity (Wildman–Crippen MR) is 153 cm³/mol. The zero-order valence-corrected chi connectivity index (χ0v) is 24.2. The molecule has 6 unspecified atom stereocenters.